The predicted octanol–water partition coefficient (Wildman–Crippen LogP) is 3.09. The quantitative estimate of drug-likeness (QED) is 0.467. The van der Waals surface area contributed by atoms with Crippen molar-refractivity contribution in [3.63, 3.8) is 0 Å². The number of rotatable bonds is 4. The number of halogens is 2. The van der Waals surface area contributed by atoms with Gasteiger partial charge in [0, 0.05) is 6.42 Å². The number of unbranched alkanes of at least 4 members (excludes halogenated alkanes) is 2. The number of thiol groups is 1. The largest absolute Gasteiger partial charge is 0.291 e. The molecule has 0 aromatic rings. The average Bonchev–Trinajstić information content (AvgIpc) is 1.63. The summed E-state index contributed by atoms with van der Waals surface area (Å²) in [7, 11) is 0. The Kier molecular flexibility index (Phi) is 4.19. The summed E-state index contributed by atoms with van der Waals surface area (Å²) in [5.74, 6) is 0. The van der Waals surface area contributed by atoms with Crippen LogP contribution >= 0.6 is 12.6 Å². The number of alkyl halides is 2. The molecule has 0 aliphatic heterocycles. The zero-order valence-electron chi connectivity index (χ0n) is 5.53. The van der Waals surface area contributed by atoms with Crippen LogP contribution in [0.25, 0.3) is 0 Å². The van der Waals surface area contributed by atoms with Gasteiger partial charge in [0.05, 0.1) is 0 Å². The van der Waals surface area contributed by atoms with Crippen molar-refractivity contribution in [2.75, 3.05) is 0 Å². The van der Waals surface area contributed by atoms with Crippen LogP contribution in [0.15, 0.2) is 0 Å². The van der Waals surface area contributed by atoms with Crippen LogP contribution in [-0.4, -0.2) is 5.25 Å². The molecule has 0 spiro atoms. The fraction of sp³-hybridized carbons (Fsp3) is 1.00. The third-order valence-corrected chi connectivity index (χ3v) is 1.30. The third-order valence-electron chi connectivity index (χ3n) is 1.08. The minimum absolute atomic E-state index is 0.0933. The molecule has 0 aliphatic rings. The lowest BCUT2D eigenvalue weighted by atomic mass is 10.2. The van der Waals surface area contributed by atoms with E-state index in [2.05, 4.69) is 12.6 Å². The monoisotopic (exact) mass is 154 g/mol. The molecule has 0 heterocycles. The lowest BCUT2D eigenvalue weighted by molar-refractivity contribution is 0.0950. The van der Waals surface area contributed by atoms with Gasteiger partial charge in [0.25, 0.3) is 5.25 Å². The molecule has 0 bridgehead atoms. The molecule has 0 aromatic carbocycles. The Morgan fingerprint density at radius 2 is 1.89 bits per heavy atom. The van der Waals surface area contributed by atoms with Crippen LogP contribution in [0, 0.1) is 0 Å². The Labute approximate surface area is 60.1 Å². The predicted molar refractivity (Wildman–Crippen MR) is 38.1 cm³/mol. The van der Waals surface area contributed by atoms with Crippen LogP contribution < -0.4 is 0 Å². The highest BCUT2D eigenvalue weighted by Crippen LogP contribution is 2.24. The fourth-order valence-electron chi connectivity index (χ4n) is 0.588. The van der Waals surface area contributed by atoms with Crippen molar-refractivity contribution >= 4 is 12.6 Å². The molecule has 0 aliphatic carbocycles. The molecule has 0 atom stereocenters. The van der Waals surface area contributed by atoms with Crippen LogP contribution in [0.4, 0.5) is 8.78 Å². The Bertz CT molecular complexity index is 67.9. The van der Waals surface area contributed by atoms with Crippen molar-refractivity contribution in [1.82, 2.24) is 0 Å². The first-order valence-electron chi connectivity index (χ1n) is 3.16. The first-order valence-corrected chi connectivity index (χ1v) is 3.61. The summed E-state index contributed by atoms with van der Waals surface area (Å²) >= 11 is 3.09. The zero-order valence-corrected chi connectivity index (χ0v) is 6.43. The van der Waals surface area contributed by atoms with Crippen molar-refractivity contribution in [3.8, 4) is 0 Å². The maximum atomic E-state index is 11.9. The second kappa shape index (κ2) is 4.09. The van der Waals surface area contributed by atoms with Crippen molar-refractivity contribution in [3.05, 3.63) is 0 Å². The molecule has 0 amide bonds. The van der Waals surface area contributed by atoms with Crippen molar-refractivity contribution in [1.29, 1.82) is 0 Å². The number of hydrogen-bond donors (Lipinski definition) is 1. The molecule has 0 fully saturated rings. The summed E-state index contributed by atoms with van der Waals surface area (Å²) in [4.78, 5) is 0. The molecule has 0 radical (unpaired) electrons. The molecule has 0 N–H and O–H groups in total. The van der Waals surface area contributed by atoms with Crippen molar-refractivity contribution in [2.45, 2.75) is 37.9 Å². The lowest BCUT2D eigenvalue weighted by Gasteiger charge is -2.06. The summed E-state index contributed by atoms with van der Waals surface area (Å²) in [6, 6.07) is 0. The van der Waals surface area contributed by atoms with E-state index in [0.29, 0.717) is 6.42 Å². The summed E-state index contributed by atoms with van der Waals surface area (Å²) < 4.78 is 23.8. The molecule has 0 unspecified atom stereocenters. The topological polar surface area (TPSA) is 0 Å². The van der Waals surface area contributed by atoms with Crippen LogP contribution in [0.3, 0.4) is 0 Å². The van der Waals surface area contributed by atoms with E-state index >= 15 is 0 Å². The van der Waals surface area contributed by atoms with Gasteiger partial charge in [-0.25, -0.2) is 0 Å². The Morgan fingerprint density at radius 1 is 1.33 bits per heavy atom. The highest BCUT2D eigenvalue weighted by Gasteiger charge is 2.20. The maximum Gasteiger partial charge on any atom is 0.291 e. The van der Waals surface area contributed by atoms with Crippen LogP contribution in [0.1, 0.15) is 32.6 Å². The van der Waals surface area contributed by atoms with Crippen molar-refractivity contribution < 1.29 is 8.78 Å². The summed E-state index contributed by atoms with van der Waals surface area (Å²) in [6.07, 6.45) is 2.33. The molecular formula is C6H12F2S. The summed E-state index contributed by atoms with van der Waals surface area (Å²) in [5, 5.41) is -2.75. The normalized spacial score (nSPS) is 12.0. The molecule has 0 saturated carbocycles. The van der Waals surface area contributed by atoms with E-state index in [9.17, 15) is 8.78 Å². The zero-order chi connectivity index (χ0) is 7.33. The number of hydrogen-bond acceptors (Lipinski definition) is 1. The molecule has 9 heavy (non-hydrogen) atoms. The van der Waals surface area contributed by atoms with Gasteiger partial charge < -0.3 is 0 Å². The van der Waals surface area contributed by atoms with Gasteiger partial charge in [-0.05, 0) is 6.42 Å². The molecule has 0 saturated heterocycles. The van der Waals surface area contributed by atoms with Gasteiger partial charge in [0.15, 0.2) is 0 Å². The van der Waals surface area contributed by atoms with Gasteiger partial charge >= 0.3 is 0 Å². The van der Waals surface area contributed by atoms with Crippen LogP contribution in [0.5, 0.6) is 0 Å². The van der Waals surface area contributed by atoms with E-state index in [1.165, 1.54) is 0 Å². The van der Waals surface area contributed by atoms with E-state index in [0.717, 1.165) is 12.8 Å². The highest BCUT2D eigenvalue weighted by molar-refractivity contribution is 7.81. The minimum atomic E-state index is -2.75. The van der Waals surface area contributed by atoms with Gasteiger partial charge in [0.2, 0.25) is 0 Å². The average molecular weight is 154 g/mol. The Balaban J connectivity index is 3.07. The minimum Gasteiger partial charge on any atom is -0.195 e. The maximum absolute atomic E-state index is 11.9. The first kappa shape index (κ1) is 9.21. The molecular weight excluding hydrogens is 142 g/mol. The third kappa shape index (κ3) is 8.21. The first-order chi connectivity index (χ1) is 4.06. The van der Waals surface area contributed by atoms with Gasteiger partial charge in [-0.15, -0.1) is 12.6 Å². The second-order valence-corrected chi connectivity index (χ2v) is 2.78. The van der Waals surface area contributed by atoms with E-state index in [1.54, 1.807) is 0 Å². The van der Waals surface area contributed by atoms with Crippen LogP contribution in [-0.2, 0) is 0 Å². The van der Waals surface area contributed by atoms with E-state index in [1.807, 2.05) is 6.92 Å². The summed E-state index contributed by atoms with van der Waals surface area (Å²) in [5.41, 5.74) is 0. The van der Waals surface area contributed by atoms with Gasteiger partial charge in [0.1, 0.15) is 0 Å². The van der Waals surface area contributed by atoms with E-state index < -0.39 is 5.25 Å². The van der Waals surface area contributed by atoms with E-state index in [-0.39, 0.29) is 6.42 Å². The molecule has 56 valence electrons. The van der Waals surface area contributed by atoms with Gasteiger partial charge in [-0.2, -0.15) is 8.78 Å². The Hall–Kier alpha value is 0.210. The van der Waals surface area contributed by atoms with Gasteiger partial charge in [-0.3, -0.25) is 0 Å². The highest BCUT2D eigenvalue weighted by atomic mass is 32.1. The SMILES string of the molecule is CCCCCC(F)(F)S. The molecule has 0 aromatic heterocycles. The van der Waals surface area contributed by atoms with Gasteiger partial charge in [-0.1, -0.05) is 19.8 Å². The molecule has 0 nitrogen and oxygen atoms in total. The lowest BCUT2D eigenvalue weighted by Crippen LogP contribution is -2.04. The van der Waals surface area contributed by atoms with Crippen LogP contribution in [0.2, 0.25) is 0 Å². The molecule has 3 heteroatoms. The summed E-state index contributed by atoms with van der Waals surface area (Å²) in [6.45, 7) is 1.98. The smallest absolute Gasteiger partial charge is 0.195 e. The standard InChI is InChI=1S/C6H12F2S/c1-2-3-4-5-6(7,8)9/h9H,2-5H2,1H3. The molecule has 0 rings (SSSR count). The fourth-order valence-corrected chi connectivity index (χ4v) is 0.746. The second-order valence-electron chi connectivity index (χ2n) is 2.12. The Morgan fingerprint density at radius 3 is 2.22 bits per heavy atom. The van der Waals surface area contributed by atoms with Crippen molar-refractivity contribution in [2.24, 2.45) is 0 Å². The van der Waals surface area contributed by atoms with E-state index in [4.69, 9.17) is 0 Å².